The Kier molecular flexibility index (Phi) is 5.81. The molecule has 0 bridgehead atoms. The number of benzene rings is 3. The van der Waals surface area contributed by atoms with E-state index in [1.165, 1.54) is 24.3 Å². The van der Waals surface area contributed by atoms with Crippen molar-refractivity contribution in [3.63, 3.8) is 0 Å². The van der Waals surface area contributed by atoms with Gasteiger partial charge in [0, 0.05) is 27.9 Å². The molecule has 1 aromatic heterocycles. The summed E-state index contributed by atoms with van der Waals surface area (Å²) in [5.41, 5.74) is 0.859. The van der Waals surface area contributed by atoms with Gasteiger partial charge in [-0.25, -0.2) is 8.42 Å². The first kappa shape index (κ1) is 22.1. The number of rotatable bonds is 6. The van der Waals surface area contributed by atoms with E-state index in [1.807, 2.05) is 0 Å². The van der Waals surface area contributed by atoms with Crippen LogP contribution in [-0.2, 0) is 14.8 Å². The lowest BCUT2D eigenvalue weighted by molar-refractivity contribution is -0.135. The second-order valence-electron chi connectivity index (χ2n) is 6.86. The number of halogens is 2. The quantitative estimate of drug-likeness (QED) is 0.412. The molecule has 0 spiro atoms. The minimum absolute atomic E-state index is 0.115. The second kappa shape index (κ2) is 8.42. The van der Waals surface area contributed by atoms with Gasteiger partial charge in [-0.1, -0.05) is 52.6 Å². The Bertz CT molecular complexity index is 1430. The maximum Gasteiger partial charge on any atom is 0.324 e. The SMILES string of the molecule is Cc1nc(-c2ccc3c(N(CC(=O)O)S(=O)(=O)c4cc(Cl)cc(Cl)c4)cccc3c2)no1. The molecule has 8 nitrogen and oxygen atoms in total. The first-order valence-electron chi connectivity index (χ1n) is 9.19. The zero-order valence-corrected chi connectivity index (χ0v) is 18.8. The summed E-state index contributed by atoms with van der Waals surface area (Å²) in [5.74, 6) is -0.524. The summed E-state index contributed by atoms with van der Waals surface area (Å²) in [6.45, 7) is 0.879. The molecule has 0 fully saturated rings. The minimum atomic E-state index is -4.30. The molecule has 4 aromatic rings. The van der Waals surface area contributed by atoms with Gasteiger partial charge >= 0.3 is 5.97 Å². The third-order valence-corrected chi connectivity index (χ3v) is 6.79. The van der Waals surface area contributed by atoms with E-state index in [4.69, 9.17) is 27.7 Å². The largest absolute Gasteiger partial charge is 0.480 e. The Morgan fingerprint density at radius 2 is 1.81 bits per heavy atom. The lowest BCUT2D eigenvalue weighted by Crippen LogP contribution is -2.36. The Labute approximate surface area is 193 Å². The number of carbonyl (C=O) groups is 1. The molecule has 164 valence electrons. The number of anilines is 1. The van der Waals surface area contributed by atoms with Crippen molar-refractivity contribution in [2.45, 2.75) is 11.8 Å². The van der Waals surface area contributed by atoms with E-state index < -0.39 is 22.5 Å². The molecule has 4 rings (SSSR count). The molecular formula is C21H15Cl2N3O5S. The molecule has 0 atom stereocenters. The molecule has 3 aromatic carbocycles. The van der Waals surface area contributed by atoms with Crippen LogP contribution in [0.15, 0.2) is 64.0 Å². The highest BCUT2D eigenvalue weighted by Gasteiger charge is 2.29. The number of aryl methyl sites for hydroxylation is 1. The fourth-order valence-corrected chi connectivity index (χ4v) is 5.43. The van der Waals surface area contributed by atoms with Crippen LogP contribution in [0.4, 0.5) is 5.69 Å². The normalized spacial score (nSPS) is 11.6. The summed E-state index contributed by atoms with van der Waals surface area (Å²) in [5, 5.41) is 14.8. The number of sulfonamides is 1. The molecule has 0 saturated carbocycles. The van der Waals surface area contributed by atoms with Gasteiger partial charge in [0.1, 0.15) is 6.54 Å². The van der Waals surface area contributed by atoms with Crippen LogP contribution < -0.4 is 4.31 Å². The summed E-state index contributed by atoms with van der Waals surface area (Å²) >= 11 is 12.0. The van der Waals surface area contributed by atoms with Crippen LogP contribution in [-0.4, -0.2) is 36.2 Å². The highest BCUT2D eigenvalue weighted by molar-refractivity contribution is 7.92. The van der Waals surface area contributed by atoms with Gasteiger partial charge in [0.25, 0.3) is 10.0 Å². The average Bonchev–Trinajstić information content (AvgIpc) is 3.16. The topological polar surface area (TPSA) is 114 Å². The van der Waals surface area contributed by atoms with Crippen molar-refractivity contribution in [2.24, 2.45) is 0 Å². The van der Waals surface area contributed by atoms with Gasteiger partial charge in [-0.2, -0.15) is 4.98 Å². The molecule has 0 aliphatic heterocycles. The molecule has 1 N–H and O–H groups in total. The van der Waals surface area contributed by atoms with Gasteiger partial charge in [0.05, 0.1) is 10.6 Å². The highest BCUT2D eigenvalue weighted by atomic mass is 35.5. The third-order valence-electron chi connectivity index (χ3n) is 4.61. The number of fused-ring (bicyclic) bond motifs is 1. The van der Waals surface area contributed by atoms with Crippen LogP contribution in [0.1, 0.15) is 5.89 Å². The molecule has 0 saturated heterocycles. The van der Waals surface area contributed by atoms with Gasteiger partial charge in [-0.3, -0.25) is 9.10 Å². The lowest BCUT2D eigenvalue weighted by Gasteiger charge is -2.24. The van der Waals surface area contributed by atoms with Crippen molar-refractivity contribution in [3.05, 3.63) is 70.5 Å². The third kappa shape index (κ3) is 4.27. The summed E-state index contributed by atoms with van der Waals surface area (Å²) in [6.07, 6.45) is 0. The first-order valence-corrected chi connectivity index (χ1v) is 11.4. The lowest BCUT2D eigenvalue weighted by atomic mass is 10.0. The minimum Gasteiger partial charge on any atom is -0.480 e. The molecule has 0 aliphatic carbocycles. The smallest absolute Gasteiger partial charge is 0.324 e. The predicted molar refractivity (Wildman–Crippen MR) is 121 cm³/mol. The number of aromatic nitrogens is 2. The van der Waals surface area contributed by atoms with Gasteiger partial charge in [-0.05, 0) is 35.7 Å². The molecule has 0 aliphatic rings. The Morgan fingerprint density at radius 3 is 2.44 bits per heavy atom. The van der Waals surface area contributed by atoms with Crippen LogP contribution in [0.3, 0.4) is 0 Å². The zero-order valence-electron chi connectivity index (χ0n) is 16.5. The molecular weight excluding hydrogens is 477 g/mol. The number of carboxylic acid groups (broad SMARTS) is 1. The van der Waals surface area contributed by atoms with Crippen molar-refractivity contribution < 1.29 is 22.8 Å². The Balaban J connectivity index is 1.88. The van der Waals surface area contributed by atoms with Crippen LogP contribution in [0.5, 0.6) is 0 Å². The summed E-state index contributed by atoms with van der Waals surface area (Å²) in [4.78, 5) is 15.6. The molecule has 11 heteroatoms. The number of carboxylic acids is 1. The maximum atomic E-state index is 13.4. The fraction of sp³-hybridized carbons (Fsp3) is 0.0952. The molecule has 0 unspecified atom stereocenters. The second-order valence-corrected chi connectivity index (χ2v) is 9.60. The van der Waals surface area contributed by atoms with Crippen molar-refractivity contribution in [1.29, 1.82) is 0 Å². The fourth-order valence-electron chi connectivity index (χ4n) is 3.27. The van der Waals surface area contributed by atoms with Gasteiger partial charge in [0.15, 0.2) is 0 Å². The summed E-state index contributed by atoms with van der Waals surface area (Å²) in [7, 11) is -4.30. The predicted octanol–water partition coefficient (Wildman–Crippen LogP) is 4.78. The van der Waals surface area contributed by atoms with E-state index in [2.05, 4.69) is 10.1 Å². The monoisotopic (exact) mass is 491 g/mol. The highest BCUT2D eigenvalue weighted by Crippen LogP contribution is 2.34. The van der Waals surface area contributed by atoms with E-state index in [0.717, 1.165) is 4.31 Å². The van der Waals surface area contributed by atoms with Gasteiger partial charge in [0.2, 0.25) is 11.7 Å². The van der Waals surface area contributed by atoms with Crippen LogP contribution >= 0.6 is 23.2 Å². The van der Waals surface area contributed by atoms with E-state index in [1.54, 1.807) is 37.3 Å². The van der Waals surface area contributed by atoms with Crippen LogP contribution in [0.2, 0.25) is 10.0 Å². The van der Waals surface area contributed by atoms with E-state index in [9.17, 15) is 18.3 Å². The van der Waals surface area contributed by atoms with Crippen molar-refractivity contribution >= 4 is 55.7 Å². The van der Waals surface area contributed by atoms with E-state index in [0.29, 0.717) is 28.1 Å². The first-order chi connectivity index (χ1) is 15.1. The number of hydrogen-bond acceptors (Lipinski definition) is 6. The number of hydrogen-bond donors (Lipinski definition) is 1. The van der Waals surface area contributed by atoms with Crippen molar-refractivity contribution in [2.75, 3.05) is 10.8 Å². The number of nitrogens with zero attached hydrogens (tertiary/aromatic N) is 3. The van der Waals surface area contributed by atoms with Crippen molar-refractivity contribution in [3.8, 4) is 11.4 Å². The number of aliphatic carboxylic acids is 1. The van der Waals surface area contributed by atoms with Gasteiger partial charge < -0.3 is 9.63 Å². The summed E-state index contributed by atoms with van der Waals surface area (Å²) < 4.78 is 32.7. The molecule has 0 radical (unpaired) electrons. The Morgan fingerprint density at radius 1 is 1.09 bits per heavy atom. The molecule has 1 heterocycles. The molecule has 0 amide bonds. The van der Waals surface area contributed by atoms with Crippen LogP contribution in [0, 0.1) is 6.92 Å². The maximum absolute atomic E-state index is 13.4. The zero-order chi connectivity index (χ0) is 23.0. The van der Waals surface area contributed by atoms with Crippen LogP contribution in [0.25, 0.3) is 22.2 Å². The Hall–Kier alpha value is -3.14. The van der Waals surface area contributed by atoms with E-state index >= 15 is 0 Å². The summed E-state index contributed by atoms with van der Waals surface area (Å²) in [6, 6.07) is 13.9. The standard InChI is InChI=1S/C21H15Cl2N3O5S/c1-12-24-21(25-31-12)14-5-6-18-13(7-14)3-2-4-19(18)26(11-20(27)28)32(29,30)17-9-15(22)8-16(23)10-17/h2-10H,11H2,1H3,(H,27,28). The van der Waals surface area contributed by atoms with E-state index in [-0.39, 0.29) is 20.6 Å². The molecule has 32 heavy (non-hydrogen) atoms. The average molecular weight is 492 g/mol. The van der Waals surface area contributed by atoms with Gasteiger partial charge in [-0.15, -0.1) is 0 Å². The van der Waals surface area contributed by atoms with Crippen molar-refractivity contribution in [1.82, 2.24) is 10.1 Å².